The molecule has 0 N–H and O–H groups in total. The van der Waals surface area contributed by atoms with Crippen molar-refractivity contribution in [2.75, 3.05) is 4.90 Å². The first-order chi connectivity index (χ1) is 24.4. The fourth-order valence-corrected chi connectivity index (χ4v) is 8.21. The third-order valence-corrected chi connectivity index (χ3v) is 10.6. The number of anilines is 2. The minimum absolute atomic E-state index is 0.488. The number of hydrogen-bond acceptors (Lipinski definition) is 1. The fourth-order valence-electron chi connectivity index (χ4n) is 8.21. The van der Waals surface area contributed by atoms with Gasteiger partial charge in [0.1, 0.15) is 0 Å². The van der Waals surface area contributed by atoms with Gasteiger partial charge in [-0.3, -0.25) is 0 Å². The van der Waals surface area contributed by atoms with E-state index in [1.165, 1.54) is 103 Å². The van der Waals surface area contributed by atoms with Gasteiger partial charge in [-0.15, -0.1) is 0 Å². The van der Waals surface area contributed by atoms with Crippen molar-refractivity contribution >= 4 is 34.7 Å². The van der Waals surface area contributed by atoms with E-state index in [2.05, 4.69) is 184 Å². The maximum absolute atomic E-state index is 2.67. The molecule has 2 atom stereocenters. The van der Waals surface area contributed by atoms with E-state index in [4.69, 9.17) is 0 Å². The van der Waals surface area contributed by atoms with Crippen LogP contribution < -0.4 is 4.90 Å². The average Bonchev–Trinajstić information content (AvgIpc) is 3.72. The molecule has 1 aliphatic heterocycles. The van der Waals surface area contributed by atoms with E-state index in [9.17, 15) is 0 Å². The number of fused-ring (bicyclic) bond motifs is 3. The van der Waals surface area contributed by atoms with Gasteiger partial charge in [0.25, 0.3) is 0 Å². The second-order valence-electron chi connectivity index (χ2n) is 14.5. The molecule has 50 heavy (non-hydrogen) atoms. The molecule has 0 radical (unpaired) electrons. The zero-order valence-electron chi connectivity index (χ0n) is 29.7. The Morgan fingerprint density at radius 1 is 0.500 bits per heavy atom. The highest BCUT2D eigenvalue weighted by Crippen LogP contribution is 2.53. The van der Waals surface area contributed by atoms with Crippen LogP contribution in [0.4, 0.5) is 11.4 Å². The Hall–Kier alpha value is -5.40. The smallest absolute Gasteiger partial charge is 0.0450 e. The van der Waals surface area contributed by atoms with Crippen LogP contribution in [0.3, 0.4) is 0 Å². The lowest BCUT2D eigenvalue weighted by Gasteiger charge is -2.28. The molecule has 1 nitrogen and oxygen atoms in total. The van der Waals surface area contributed by atoms with E-state index in [0.717, 1.165) is 0 Å². The van der Waals surface area contributed by atoms with Crippen LogP contribution >= 0.6 is 0 Å². The summed E-state index contributed by atoms with van der Waals surface area (Å²) in [6.07, 6.45) is 8.52. The third kappa shape index (κ3) is 6.37. The molecule has 2 aliphatic rings. The highest BCUT2D eigenvalue weighted by molar-refractivity contribution is 5.93. The Kier molecular flexibility index (Phi) is 8.59. The van der Waals surface area contributed by atoms with Crippen LogP contribution in [0.5, 0.6) is 0 Å². The molecule has 2 unspecified atom stereocenters. The Bertz CT molecular complexity index is 2170. The summed E-state index contributed by atoms with van der Waals surface area (Å²) in [5.74, 6) is 0.548. The zero-order valence-corrected chi connectivity index (χ0v) is 29.7. The molecule has 1 fully saturated rings. The summed E-state index contributed by atoms with van der Waals surface area (Å²) in [7, 11) is 0. The molecule has 1 aliphatic carbocycles. The SMILES string of the molecule is Cc1ccc(C(=Cc2ccc3c(c2)C2CCCC2N3c2cc(C)cc(/C=C(/c3ccccc3)c3cccc(C)c3)c2)c2ccc(C)cc2)cc1. The zero-order chi connectivity index (χ0) is 34.2. The van der Waals surface area contributed by atoms with Crippen molar-refractivity contribution in [1.29, 1.82) is 0 Å². The molecule has 6 aromatic carbocycles. The number of rotatable bonds is 7. The maximum Gasteiger partial charge on any atom is 0.0450 e. The summed E-state index contributed by atoms with van der Waals surface area (Å²) in [6, 6.07) is 52.4. The van der Waals surface area contributed by atoms with Crippen LogP contribution in [0.1, 0.15) is 86.4 Å². The molecule has 1 heterocycles. The molecule has 6 aromatic rings. The maximum atomic E-state index is 2.67. The molecule has 0 bridgehead atoms. The lowest BCUT2D eigenvalue weighted by molar-refractivity contribution is 0.641. The molecule has 8 rings (SSSR count). The first-order valence-electron chi connectivity index (χ1n) is 18.1. The third-order valence-electron chi connectivity index (χ3n) is 10.6. The second kappa shape index (κ2) is 13.5. The van der Waals surface area contributed by atoms with Gasteiger partial charge >= 0.3 is 0 Å². The van der Waals surface area contributed by atoms with E-state index < -0.39 is 0 Å². The monoisotopic (exact) mass is 647 g/mol. The highest BCUT2D eigenvalue weighted by atomic mass is 15.2. The van der Waals surface area contributed by atoms with Gasteiger partial charge in [-0.05, 0) is 133 Å². The Morgan fingerprint density at radius 3 is 1.84 bits per heavy atom. The number of nitrogens with zero attached hydrogens (tertiary/aromatic N) is 1. The van der Waals surface area contributed by atoms with E-state index in [1.807, 2.05) is 0 Å². The van der Waals surface area contributed by atoms with Crippen molar-refractivity contribution in [1.82, 2.24) is 0 Å². The van der Waals surface area contributed by atoms with Crippen molar-refractivity contribution in [3.05, 3.63) is 201 Å². The van der Waals surface area contributed by atoms with Crippen molar-refractivity contribution in [2.24, 2.45) is 0 Å². The van der Waals surface area contributed by atoms with E-state index in [-0.39, 0.29) is 0 Å². The number of hydrogen-bond donors (Lipinski definition) is 0. The first-order valence-corrected chi connectivity index (χ1v) is 18.1. The lowest BCUT2D eigenvalue weighted by Crippen LogP contribution is -2.26. The predicted octanol–water partition coefficient (Wildman–Crippen LogP) is 12.9. The van der Waals surface area contributed by atoms with Crippen LogP contribution in [0.2, 0.25) is 0 Å². The van der Waals surface area contributed by atoms with E-state index in [1.54, 1.807) is 0 Å². The second-order valence-corrected chi connectivity index (χ2v) is 14.5. The van der Waals surface area contributed by atoms with E-state index >= 15 is 0 Å². The lowest BCUT2D eigenvalue weighted by atomic mass is 9.92. The van der Waals surface area contributed by atoms with Gasteiger partial charge in [-0.25, -0.2) is 0 Å². The standard InChI is InChI=1S/C49H45N/c1-33-16-21-40(22-17-33)45(41-23-18-34(2)19-24-41)30-37-20-25-49-47(31-37)44-14-9-15-48(44)50(49)43-28-36(4)26-38(29-43)32-46(39-11-6-5-7-12-39)42-13-8-10-35(3)27-42/h5-8,10-13,16-32,44,48H,9,14-15H2,1-4H3/b46-32-. The first kappa shape index (κ1) is 31.8. The van der Waals surface area contributed by atoms with Crippen LogP contribution in [-0.4, -0.2) is 6.04 Å². The van der Waals surface area contributed by atoms with Gasteiger partial charge < -0.3 is 4.90 Å². The normalized spacial score (nSPS) is 16.6. The fraction of sp³-hybridized carbons (Fsp3) is 0.184. The molecule has 0 aromatic heterocycles. The Morgan fingerprint density at radius 2 is 1.14 bits per heavy atom. The quantitative estimate of drug-likeness (QED) is 0.156. The van der Waals surface area contributed by atoms with Crippen molar-refractivity contribution in [3.8, 4) is 0 Å². The Labute approximate surface area is 298 Å². The predicted molar refractivity (Wildman–Crippen MR) is 214 cm³/mol. The van der Waals surface area contributed by atoms with E-state index in [0.29, 0.717) is 12.0 Å². The molecular weight excluding hydrogens is 603 g/mol. The molecule has 0 saturated heterocycles. The molecule has 1 heteroatoms. The van der Waals surface area contributed by atoms with Gasteiger partial charge in [0.05, 0.1) is 0 Å². The van der Waals surface area contributed by atoms with Crippen molar-refractivity contribution in [3.63, 3.8) is 0 Å². The summed E-state index contributed by atoms with van der Waals surface area (Å²) < 4.78 is 0. The summed E-state index contributed by atoms with van der Waals surface area (Å²) >= 11 is 0. The van der Waals surface area contributed by atoms with Crippen molar-refractivity contribution in [2.45, 2.75) is 58.9 Å². The molecule has 0 amide bonds. The van der Waals surface area contributed by atoms with Crippen LogP contribution in [0.15, 0.2) is 140 Å². The summed E-state index contributed by atoms with van der Waals surface area (Å²) in [5.41, 5.74) is 19.3. The van der Waals surface area contributed by atoms with Gasteiger partial charge in [0.15, 0.2) is 0 Å². The Balaban J connectivity index is 1.20. The van der Waals surface area contributed by atoms with Gasteiger partial charge in [-0.2, -0.15) is 0 Å². The van der Waals surface area contributed by atoms with Gasteiger partial charge in [0, 0.05) is 23.3 Å². The highest BCUT2D eigenvalue weighted by Gasteiger charge is 2.42. The number of aryl methyl sites for hydroxylation is 4. The van der Waals surface area contributed by atoms with Crippen LogP contribution in [0, 0.1) is 27.7 Å². The van der Waals surface area contributed by atoms with Crippen LogP contribution in [-0.2, 0) is 0 Å². The topological polar surface area (TPSA) is 3.24 Å². The van der Waals surface area contributed by atoms with Crippen LogP contribution in [0.25, 0.3) is 23.3 Å². The molecular formula is C49H45N. The number of benzene rings is 6. The summed E-state index contributed by atoms with van der Waals surface area (Å²) in [5, 5.41) is 0. The molecule has 0 spiro atoms. The summed E-state index contributed by atoms with van der Waals surface area (Å²) in [4.78, 5) is 2.67. The molecule has 246 valence electrons. The van der Waals surface area contributed by atoms with Crippen molar-refractivity contribution < 1.29 is 0 Å². The average molecular weight is 648 g/mol. The molecule has 1 saturated carbocycles. The largest absolute Gasteiger partial charge is 0.337 e. The minimum Gasteiger partial charge on any atom is -0.337 e. The summed E-state index contributed by atoms with van der Waals surface area (Å²) in [6.45, 7) is 8.73. The van der Waals surface area contributed by atoms with Gasteiger partial charge in [0.2, 0.25) is 0 Å². The van der Waals surface area contributed by atoms with Gasteiger partial charge in [-0.1, -0.05) is 138 Å². The minimum atomic E-state index is 0.488.